The third-order valence-corrected chi connectivity index (χ3v) is 4.56. The third kappa shape index (κ3) is 2.54. The van der Waals surface area contributed by atoms with Crippen LogP contribution in [-0.4, -0.2) is 0 Å². The molecule has 1 heterocycles. The second-order valence-electron chi connectivity index (χ2n) is 4.39. The van der Waals surface area contributed by atoms with Crippen molar-refractivity contribution in [3.63, 3.8) is 0 Å². The molecule has 0 saturated carbocycles. The molecule has 0 aliphatic carbocycles. The first-order valence-corrected chi connectivity index (χ1v) is 6.77. The summed E-state index contributed by atoms with van der Waals surface area (Å²) in [4.78, 5) is 2.54. The minimum absolute atomic E-state index is 0.0512. The van der Waals surface area contributed by atoms with Crippen LogP contribution in [0.2, 0.25) is 5.02 Å². The third-order valence-electron chi connectivity index (χ3n) is 2.90. The predicted octanol–water partition coefficient (Wildman–Crippen LogP) is 4.37. The van der Waals surface area contributed by atoms with Crippen LogP contribution in [0.1, 0.15) is 32.5 Å². The Labute approximate surface area is 111 Å². The Morgan fingerprint density at radius 1 is 1.12 bits per heavy atom. The highest BCUT2D eigenvalue weighted by Crippen LogP contribution is 2.31. The molecule has 3 heteroatoms. The maximum Gasteiger partial charge on any atom is 0.0648 e. The summed E-state index contributed by atoms with van der Waals surface area (Å²) >= 11 is 7.80. The normalized spacial score (nSPS) is 12.8. The van der Waals surface area contributed by atoms with E-state index in [1.54, 1.807) is 11.3 Å². The Balaban J connectivity index is 2.40. The quantitative estimate of drug-likeness (QED) is 0.857. The monoisotopic (exact) mass is 265 g/mol. The van der Waals surface area contributed by atoms with E-state index in [1.807, 2.05) is 19.1 Å². The molecule has 0 fully saturated rings. The number of benzene rings is 1. The molecule has 0 spiro atoms. The molecule has 0 amide bonds. The molecule has 2 N–H and O–H groups in total. The van der Waals surface area contributed by atoms with Gasteiger partial charge in [0.25, 0.3) is 0 Å². The Bertz CT molecular complexity index is 545. The molecule has 1 nitrogen and oxygen atoms in total. The lowest BCUT2D eigenvalue weighted by Crippen LogP contribution is -2.11. The van der Waals surface area contributed by atoms with Crippen molar-refractivity contribution in [2.45, 2.75) is 26.8 Å². The van der Waals surface area contributed by atoms with E-state index in [2.05, 4.69) is 26.0 Å². The minimum Gasteiger partial charge on any atom is -0.320 e. The SMILES string of the molecule is Cc1cc(C)c(C(N)c2ccc(Cl)c(C)c2)s1. The zero-order valence-electron chi connectivity index (χ0n) is 10.3. The second kappa shape index (κ2) is 4.81. The van der Waals surface area contributed by atoms with Gasteiger partial charge in [0.2, 0.25) is 0 Å². The number of hydrogen-bond donors (Lipinski definition) is 1. The van der Waals surface area contributed by atoms with E-state index in [4.69, 9.17) is 17.3 Å². The number of halogens is 1. The van der Waals surface area contributed by atoms with E-state index in [1.165, 1.54) is 15.3 Å². The molecule has 0 bridgehead atoms. The number of nitrogens with two attached hydrogens (primary N) is 1. The lowest BCUT2D eigenvalue weighted by molar-refractivity contribution is 0.883. The Hall–Kier alpha value is -0.830. The zero-order chi connectivity index (χ0) is 12.6. The number of rotatable bonds is 2. The predicted molar refractivity (Wildman–Crippen MR) is 76.0 cm³/mol. The zero-order valence-corrected chi connectivity index (χ0v) is 11.8. The van der Waals surface area contributed by atoms with E-state index >= 15 is 0 Å². The summed E-state index contributed by atoms with van der Waals surface area (Å²) in [6, 6.07) is 8.13. The van der Waals surface area contributed by atoms with Crippen LogP contribution in [0.4, 0.5) is 0 Å². The van der Waals surface area contributed by atoms with E-state index < -0.39 is 0 Å². The highest BCUT2D eigenvalue weighted by Gasteiger charge is 2.14. The molecule has 0 saturated heterocycles. The van der Waals surface area contributed by atoms with Gasteiger partial charge in [-0.15, -0.1) is 11.3 Å². The van der Waals surface area contributed by atoms with Crippen molar-refractivity contribution in [2.24, 2.45) is 5.73 Å². The molecule has 0 aliphatic rings. The molecular weight excluding hydrogens is 250 g/mol. The van der Waals surface area contributed by atoms with E-state index in [-0.39, 0.29) is 6.04 Å². The van der Waals surface area contributed by atoms with Crippen LogP contribution < -0.4 is 5.73 Å². The average molecular weight is 266 g/mol. The summed E-state index contributed by atoms with van der Waals surface area (Å²) in [5.74, 6) is 0. The molecule has 1 aromatic carbocycles. The summed E-state index contributed by atoms with van der Waals surface area (Å²) < 4.78 is 0. The molecule has 1 aromatic heterocycles. The van der Waals surface area contributed by atoms with Crippen molar-refractivity contribution >= 4 is 22.9 Å². The summed E-state index contributed by atoms with van der Waals surface area (Å²) in [6.45, 7) is 6.23. The maximum absolute atomic E-state index is 6.32. The second-order valence-corrected chi connectivity index (χ2v) is 6.09. The van der Waals surface area contributed by atoms with E-state index in [0.29, 0.717) is 0 Å². The van der Waals surface area contributed by atoms with Gasteiger partial charge in [0.05, 0.1) is 6.04 Å². The first-order valence-electron chi connectivity index (χ1n) is 5.57. The molecule has 0 radical (unpaired) electrons. The Morgan fingerprint density at radius 3 is 2.35 bits per heavy atom. The summed E-state index contributed by atoms with van der Waals surface area (Å²) in [5.41, 5.74) is 9.78. The number of aryl methyl sites for hydroxylation is 3. The van der Waals surface area contributed by atoms with Crippen LogP contribution in [0, 0.1) is 20.8 Å². The van der Waals surface area contributed by atoms with E-state index in [0.717, 1.165) is 16.1 Å². The van der Waals surface area contributed by atoms with Gasteiger partial charge < -0.3 is 5.73 Å². The molecule has 2 rings (SSSR count). The highest BCUT2D eigenvalue weighted by atomic mass is 35.5. The van der Waals surface area contributed by atoms with Crippen molar-refractivity contribution in [3.05, 3.63) is 55.7 Å². The van der Waals surface area contributed by atoms with Crippen molar-refractivity contribution in [2.75, 3.05) is 0 Å². The summed E-state index contributed by atoms with van der Waals surface area (Å²) in [7, 11) is 0. The fraction of sp³-hybridized carbons (Fsp3) is 0.286. The molecule has 0 aliphatic heterocycles. The Kier molecular flexibility index (Phi) is 3.57. The van der Waals surface area contributed by atoms with Crippen molar-refractivity contribution < 1.29 is 0 Å². The van der Waals surface area contributed by atoms with Gasteiger partial charge in [0, 0.05) is 14.8 Å². The molecule has 90 valence electrons. The topological polar surface area (TPSA) is 26.0 Å². The van der Waals surface area contributed by atoms with Crippen molar-refractivity contribution in [1.82, 2.24) is 0 Å². The fourth-order valence-corrected chi connectivity index (χ4v) is 3.16. The van der Waals surface area contributed by atoms with Crippen molar-refractivity contribution in [1.29, 1.82) is 0 Å². The molecule has 1 unspecified atom stereocenters. The first-order chi connectivity index (χ1) is 7.99. The minimum atomic E-state index is -0.0512. The number of thiophene rings is 1. The molecule has 1 atom stereocenters. The lowest BCUT2D eigenvalue weighted by Gasteiger charge is -2.13. The summed E-state index contributed by atoms with van der Waals surface area (Å²) in [5, 5.41) is 0.792. The highest BCUT2D eigenvalue weighted by molar-refractivity contribution is 7.12. The van der Waals surface area contributed by atoms with Gasteiger partial charge in [-0.25, -0.2) is 0 Å². The van der Waals surface area contributed by atoms with Crippen LogP contribution in [0.3, 0.4) is 0 Å². The van der Waals surface area contributed by atoms with Gasteiger partial charge >= 0.3 is 0 Å². The first kappa shape index (κ1) is 12.6. The maximum atomic E-state index is 6.32. The van der Waals surface area contributed by atoms with Crippen molar-refractivity contribution in [3.8, 4) is 0 Å². The summed E-state index contributed by atoms with van der Waals surface area (Å²) in [6.07, 6.45) is 0. The van der Waals surface area contributed by atoms with Crippen LogP contribution in [0.25, 0.3) is 0 Å². The lowest BCUT2D eigenvalue weighted by atomic mass is 10.0. The largest absolute Gasteiger partial charge is 0.320 e. The molecular formula is C14H16ClNS. The van der Waals surface area contributed by atoms with Gasteiger partial charge in [0.15, 0.2) is 0 Å². The van der Waals surface area contributed by atoms with Crippen LogP contribution in [0.5, 0.6) is 0 Å². The average Bonchev–Trinajstić information content (AvgIpc) is 2.61. The van der Waals surface area contributed by atoms with Crippen LogP contribution >= 0.6 is 22.9 Å². The van der Waals surface area contributed by atoms with Gasteiger partial charge in [-0.05, 0) is 49.6 Å². The molecule has 17 heavy (non-hydrogen) atoms. The van der Waals surface area contributed by atoms with Gasteiger partial charge in [-0.3, -0.25) is 0 Å². The smallest absolute Gasteiger partial charge is 0.0648 e. The fourth-order valence-electron chi connectivity index (χ4n) is 1.98. The standard InChI is InChI=1S/C14H16ClNS/c1-8-7-11(4-5-12(8)15)13(16)14-9(2)6-10(3)17-14/h4-7,13H,16H2,1-3H3. The molecule has 2 aromatic rings. The van der Waals surface area contributed by atoms with Gasteiger partial charge in [-0.2, -0.15) is 0 Å². The van der Waals surface area contributed by atoms with Crippen LogP contribution in [0.15, 0.2) is 24.3 Å². The van der Waals surface area contributed by atoms with E-state index in [9.17, 15) is 0 Å². The van der Waals surface area contributed by atoms with Crippen LogP contribution in [-0.2, 0) is 0 Å². The van der Waals surface area contributed by atoms with Gasteiger partial charge in [-0.1, -0.05) is 23.7 Å². The number of hydrogen-bond acceptors (Lipinski definition) is 2. The Morgan fingerprint density at radius 2 is 1.82 bits per heavy atom. The van der Waals surface area contributed by atoms with Gasteiger partial charge in [0.1, 0.15) is 0 Å².